The standard InChI is InChI=1S/C30H28N8O3/c39-25(19-9-4-5-10-19)18-38-24-16-7-6-15-23(24)26(20-11-2-1-3-12-20)32-28(29(38)40)33-30(41)31-22-14-8-13-21(17-22)27-34-36-37-35-27/h1-3,6-8,11-17,19,28H,4-5,9-10,18H2,(H2,31,33,41)(H,34,35,36,37). The normalized spacial score (nSPS) is 17.0. The van der Waals surface area contributed by atoms with E-state index in [1.807, 2.05) is 54.6 Å². The minimum Gasteiger partial charge on any atom is -0.308 e. The SMILES string of the molecule is O=C(Nc1cccc(-c2nn[nH]n2)c1)NC1N=C(c2ccccc2)c2ccccc2N(CC(=O)C2CCCC2)C1=O. The fourth-order valence-corrected chi connectivity index (χ4v) is 5.36. The summed E-state index contributed by atoms with van der Waals surface area (Å²) in [4.78, 5) is 46.8. The average molecular weight is 549 g/mol. The zero-order valence-corrected chi connectivity index (χ0v) is 22.2. The van der Waals surface area contributed by atoms with Crippen molar-refractivity contribution in [2.45, 2.75) is 31.8 Å². The molecule has 6 rings (SSSR count). The number of Topliss-reactive ketones (excluding diaryl/α,β-unsaturated/α-hetero) is 1. The van der Waals surface area contributed by atoms with Crippen molar-refractivity contribution in [1.29, 1.82) is 0 Å². The topological polar surface area (TPSA) is 145 Å². The molecule has 41 heavy (non-hydrogen) atoms. The maximum Gasteiger partial charge on any atom is 0.321 e. The van der Waals surface area contributed by atoms with Crippen LogP contribution in [0.1, 0.15) is 36.8 Å². The molecule has 0 spiro atoms. The van der Waals surface area contributed by atoms with Crippen molar-refractivity contribution >= 4 is 34.8 Å². The number of tetrazole rings is 1. The Morgan fingerprint density at radius 2 is 1.68 bits per heavy atom. The molecule has 3 aromatic carbocycles. The van der Waals surface area contributed by atoms with Crippen molar-refractivity contribution in [3.05, 3.63) is 90.0 Å². The molecule has 1 atom stereocenters. The number of aromatic amines is 1. The van der Waals surface area contributed by atoms with Gasteiger partial charge in [0.2, 0.25) is 12.0 Å². The first-order valence-electron chi connectivity index (χ1n) is 13.5. The number of amides is 3. The summed E-state index contributed by atoms with van der Waals surface area (Å²) in [5.41, 5.74) is 3.76. The van der Waals surface area contributed by atoms with E-state index in [0.717, 1.165) is 31.2 Å². The van der Waals surface area contributed by atoms with Crippen molar-refractivity contribution < 1.29 is 14.4 Å². The maximum atomic E-state index is 14.0. The van der Waals surface area contributed by atoms with Crippen LogP contribution in [-0.2, 0) is 9.59 Å². The van der Waals surface area contributed by atoms with Crippen LogP contribution in [0.3, 0.4) is 0 Å². The number of aliphatic imine (C=N–C) groups is 1. The smallest absolute Gasteiger partial charge is 0.308 e. The van der Waals surface area contributed by atoms with Crippen LogP contribution in [0.4, 0.5) is 16.2 Å². The lowest BCUT2D eigenvalue weighted by Gasteiger charge is -2.26. The summed E-state index contributed by atoms with van der Waals surface area (Å²) >= 11 is 0. The quantitative estimate of drug-likeness (QED) is 0.319. The molecule has 0 saturated heterocycles. The molecular weight excluding hydrogens is 520 g/mol. The van der Waals surface area contributed by atoms with Crippen LogP contribution in [0.5, 0.6) is 0 Å². The predicted octanol–water partition coefficient (Wildman–Crippen LogP) is 3.96. The number of nitrogens with zero attached hydrogens (tertiary/aromatic N) is 5. The Balaban J connectivity index is 1.32. The van der Waals surface area contributed by atoms with Crippen LogP contribution in [0.25, 0.3) is 11.4 Å². The van der Waals surface area contributed by atoms with E-state index in [9.17, 15) is 14.4 Å². The number of carbonyl (C=O) groups excluding carboxylic acids is 3. The van der Waals surface area contributed by atoms with E-state index >= 15 is 0 Å². The number of aromatic nitrogens is 4. The fraction of sp³-hybridized carbons (Fsp3) is 0.233. The van der Waals surface area contributed by atoms with Crippen molar-refractivity contribution in [1.82, 2.24) is 25.9 Å². The predicted molar refractivity (Wildman–Crippen MR) is 153 cm³/mol. The molecule has 1 saturated carbocycles. The van der Waals surface area contributed by atoms with Gasteiger partial charge in [-0.2, -0.15) is 5.21 Å². The van der Waals surface area contributed by atoms with E-state index < -0.39 is 18.1 Å². The van der Waals surface area contributed by atoms with E-state index in [0.29, 0.717) is 34.0 Å². The van der Waals surface area contributed by atoms with Gasteiger partial charge in [-0.1, -0.05) is 73.5 Å². The number of carbonyl (C=O) groups is 3. The fourth-order valence-electron chi connectivity index (χ4n) is 5.36. The molecule has 1 aliphatic carbocycles. The number of rotatable bonds is 7. The number of H-pyrrole nitrogens is 1. The molecule has 1 aromatic heterocycles. The lowest BCUT2D eigenvalue weighted by molar-refractivity contribution is -0.125. The first kappa shape index (κ1) is 26.1. The summed E-state index contributed by atoms with van der Waals surface area (Å²) in [6, 6.07) is 23.2. The molecule has 206 valence electrons. The van der Waals surface area contributed by atoms with Crippen LogP contribution < -0.4 is 15.5 Å². The van der Waals surface area contributed by atoms with E-state index in [1.54, 1.807) is 24.3 Å². The number of urea groups is 1. The summed E-state index contributed by atoms with van der Waals surface area (Å²) in [6.45, 7) is -0.0787. The molecule has 1 fully saturated rings. The molecule has 4 aromatic rings. The van der Waals surface area contributed by atoms with Crippen molar-refractivity contribution in [3.8, 4) is 11.4 Å². The van der Waals surface area contributed by atoms with Gasteiger partial charge in [-0.15, -0.1) is 10.2 Å². The van der Waals surface area contributed by atoms with Gasteiger partial charge in [-0.3, -0.25) is 9.59 Å². The molecule has 0 radical (unpaired) electrons. The molecule has 0 bridgehead atoms. The van der Waals surface area contributed by atoms with Crippen LogP contribution in [0.2, 0.25) is 0 Å². The van der Waals surface area contributed by atoms with Gasteiger partial charge in [0.1, 0.15) is 0 Å². The highest BCUT2D eigenvalue weighted by atomic mass is 16.2. The van der Waals surface area contributed by atoms with Gasteiger partial charge in [0.15, 0.2) is 5.78 Å². The number of anilines is 2. The summed E-state index contributed by atoms with van der Waals surface area (Å²) < 4.78 is 0. The van der Waals surface area contributed by atoms with Crippen molar-refractivity contribution in [3.63, 3.8) is 0 Å². The number of hydrogen-bond acceptors (Lipinski definition) is 7. The van der Waals surface area contributed by atoms with Crippen LogP contribution >= 0.6 is 0 Å². The first-order chi connectivity index (χ1) is 20.1. The van der Waals surface area contributed by atoms with E-state index in [-0.39, 0.29) is 18.2 Å². The number of hydrogen-bond donors (Lipinski definition) is 3. The third kappa shape index (κ3) is 5.60. The van der Waals surface area contributed by atoms with Crippen LogP contribution in [0, 0.1) is 5.92 Å². The lowest BCUT2D eigenvalue weighted by atomic mass is 9.99. The summed E-state index contributed by atoms with van der Waals surface area (Å²) in [6.07, 6.45) is 2.43. The molecule has 2 heterocycles. The van der Waals surface area contributed by atoms with Crippen LogP contribution in [-0.4, -0.2) is 56.8 Å². The number of ketones is 1. The van der Waals surface area contributed by atoms with Gasteiger partial charge in [-0.25, -0.2) is 9.79 Å². The largest absolute Gasteiger partial charge is 0.321 e. The minimum atomic E-state index is -1.27. The van der Waals surface area contributed by atoms with Crippen molar-refractivity contribution in [2.24, 2.45) is 10.9 Å². The molecule has 2 aliphatic rings. The summed E-state index contributed by atoms with van der Waals surface area (Å²) in [5.74, 6) is -0.139. The highest BCUT2D eigenvalue weighted by molar-refractivity contribution is 6.21. The molecule has 3 amide bonds. The van der Waals surface area contributed by atoms with Gasteiger partial charge >= 0.3 is 6.03 Å². The Bertz CT molecular complexity index is 1600. The second kappa shape index (κ2) is 11.5. The Morgan fingerprint density at radius 3 is 2.46 bits per heavy atom. The van der Waals surface area contributed by atoms with Gasteiger partial charge in [0.05, 0.1) is 17.9 Å². The number of benzene rings is 3. The molecule has 11 nitrogen and oxygen atoms in total. The Labute approximate surface area is 236 Å². The van der Waals surface area contributed by atoms with Crippen molar-refractivity contribution in [2.75, 3.05) is 16.8 Å². The maximum absolute atomic E-state index is 14.0. The first-order valence-corrected chi connectivity index (χ1v) is 13.5. The number of para-hydroxylation sites is 1. The Hall–Kier alpha value is -5.19. The van der Waals surface area contributed by atoms with Gasteiger partial charge < -0.3 is 15.5 Å². The average Bonchev–Trinajstić information content (AvgIpc) is 3.72. The summed E-state index contributed by atoms with van der Waals surface area (Å²) in [5, 5.41) is 19.4. The second-order valence-corrected chi connectivity index (χ2v) is 10.1. The molecule has 1 aliphatic heterocycles. The molecule has 1 unspecified atom stereocenters. The number of benzodiazepines with no additional fused rings is 1. The number of nitrogens with one attached hydrogen (secondary N) is 3. The molecule has 11 heteroatoms. The van der Waals surface area contributed by atoms with Crippen LogP contribution in [0.15, 0.2) is 83.9 Å². The third-order valence-corrected chi connectivity index (χ3v) is 7.37. The van der Waals surface area contributed by atoms with E-state index in [1.165, 1.54) is 4.90 Å². The Morgan fingerprint density at radius 1 is 0.927 bits per heavy atom. The molecule has 3 N–H and O–H groups in total. The monoisotopic (exact) mass is 548 g/mol. The molecular formula is C30H28N8O3. The lowest BCUT2D eigenvalue weighted by Crippen LogP contribution is -2.50. The van der Waals surface area contributed by atoms with Gasteiger partial charge in [0, 0.05) is 28.3 Å². The second-order valence-electron chi connectivity index (χ2n) is 10.1. The zero-order valence-electron chi connectivity index (χ0n) is 22.2. The minimum absolute atomic E-state index is 0.0234. The highest BCUT2D eigenvalue weighted by Gasteiger charge is 2.35. The van der Waals surface area contributed by atoms with E-state index in [2.05, 4.69) is 31.3 Å². The van der Waals surface area contributed by atoms with Gasteiger partial charge in [-0.05, 0) is 36.3 Å². The zero-order chi connectivity index (χ0) is 28.2. The Kier molecular flexibility index (Phi) is 7.31. The number of fused-ring (bicyclic) bond motifs is 1. The van der Waals surface area contributed by atoms with E-state index in [4.69, 9.17) is 4.99 Å². The third-order valence-electron chi connectivity index (χ3n) is 7.37. The highest BCUT2D eigenvalue weighted by Crippen LogP contribution is 2.31. The van der Waals surface area contributed by atoms with Gasteiger partial charge in [0.25, 0.3) is 5.91 Å². The summed E-state index contributed by atoms with van der Waals surface area (Å²) in [7, 11) is 0.